The molecule has 0 saturated carbocycles. The number of rotatable bonds is 2. The summed E-state index contributed by atoms with van der Waals surface area (Å²) in [6, 6.07) is 8.98. The summed E-state index contributed by atoms with van der Waals surface area (Å²) in [5, 5.41) is 1.64. The second-order valence-electron chi connectivity index (χ2n) is 3.29. The van der Waals surface area contributed by atoms with Crippen LogP contribution in [0.1, 0.15) is 10.4 Å². The Morgan fingerprint density at radius 3 is 2.44 bits per heavy atom. The van der Waals surface area contributed by atoms with E-state index in [-0.39, 0.29) is 12.1 Å². The summed E-state index contributed by atoms with van der Waals surface area (Å²) in [5.41, 5.74) is 0.573. The van der Waals surface area contributed by atoms with Crippen LogP contribution in [0.15, 0.2) is 30.3 Å². The van der Waals surface area contributed by atoms with Gasteiger partial charge in [0.05, 0.1) is 31.9 Å². The molecule has 0 amide bonds. The zero-order chi connectivity index (χ0) is 10.5. The van der Waals surface area contributed by atoms with Gasteiger partial charge in [-0.3, -0.25) is 0 Å². The highest BCUT2D eigenvalue weighted by Crippen LogP contribution is 2.05. The largest absolute Gasteiger partial charge is 0.379 e. The quantitative estimate of drug-likeness (QED) is 0.818. The number of carbonyl (C=O) groups is 1. The van der Waals surface area contributed by atoms with E-state index in [0.717, 1.165) is 0 Å². The third kappa shape index (κ3) is 3.30. The van der Waals surface area contributed by atoms with E-state index in [9.17, 15) is 4.79 Å². The zero-order valence-corrected chi connectivity index (χ0v) is 9.09. The number of carbonyl (C=O) groups excluding carboxylic acids is 1. The molecule has 0 atom stereocenters. The van der Waals surface area contributed by atoms with Crippen LogP contribution >= 0.6 is 0 Å². The third-order valence-electron chi connectivity index (χ3n) is 2.19. The lowest BCUT2D eigenvalue weighted by Crippen LogP contribution is -2.37. The van der Waals surface area contributed by atoms with E-state index >= 15 is 0 Å². The molecule has 16 heavy (non-hydrogen) atoms. The first-order chi connectivity index (χ1) is 7.36. The molecule has 1 saturated heterocycles. The Kier molecular flexibility index (Phi) is 4.91. The second kappa shape index (κ2) is 6.22. The van der Waals surface area contributed by atoms with E-state index < -0.39 is 0 Å². The van der Waals surface area contributed by atoms with Crippen molar-refractivity contribution in [1.82, 2.24) is 11.2 Å². The number of morpholine rings is 1. The van der Waals surface area contributed by atoms with Crippen molar-refractivity contribution in [2.45, 2.75) is 0 Å². The molecule has 1 aromatic rings. The molecule has 1 aliphatic rings. The molecule has 0 aromatic heterocycles. The first-order valence-electron chi connectivity index (χ1n) is 4.96. The van der Waals surface area contributed by atoms with Crippen LogP contribution in [-0.2, 0) is 9.57 Å². The maximum Gasteiger partial charge on any atom is 0.357 e. The standard InChI is InChI=1S/C11H13NO3.H3N/c13-11(10-4-2-1-3-5-10)15-12-6-8-14-9-7-12;/h1-5H,6-9H2;1H3. The average Bonchev–Trinajstić information content (AvgIpc) is 2.31. The van der Waals surface area contributed by atoms with Crippen molar-refractivity contribution < 1.29 is 14.4 Å². The fourth-order valence-corrected chi connectivity index (χ4v) is 1.38. The maximum absolute atomic E-state index is 11.6. The Morgan fingerprint density at radius 1 is 1.19 bits per heavy atom. The molecule has 0 unspecified atom stereocenters. The smallest absolute Gasteiger partial charge is 0.357 e. The Balaban J connectivity index is 0.00000128. The van der Waals surface area contributed by atoms with Crippen LogP contribution in [0.3, 0.4) is 0 Å². The lowest BCUT2D eigenvalue weighted by molar-refractivity contribution is -0.150. The van der Waals surface area contributed by atoms with Gasteiger partial charge in [0, 0.05) is 0 Å². The summed E-state index contributed by atoms with van der Waals surface area (Å²) in [6.07, 6.45) is 0. The summed E-state index contributed by atoms with van der Waals surface area (Å²) in [5.74, 6) is -0.308. The van der Waals surface area contributed by atoms with Gasteiger partial charge in [-0.05, 0) is 12.1 Å². The molecule has 5 nitrogen and oxygen atoms in total. The Labute approximate surface area is 94.5 Å². The second-order valence-corrected chi connectivity index (χ2v) is 3.29. The molecule has 1 heterocycles. The van der Waals surface area contributed by atoms with Crippen molar-refractivity contribution in [2.24, 2.45) is 0 Å². The third-order valence-corrected chi connectivity index (χ3v) is 2.19. The van der Waals surface area contributed by atoms with E-state index in [1.807, 2.05) is 18.2 Å². The van der Waals surface area contributed by atoms with Crippen LogP contribution in [0.5, 0.6) is 0 Å². The fraction of sp³-hybridized carbons (Fsp3) is 0.364. The van der Waals surface area contributed by atoms with Crippen LogP contribution in [0.4, 0.5) is 0 Å². The van der Waals surface area contributed by atoms with E-state index in [4.69, 9.17) is 9.57 Å². The first kappa shape index (κ1) is 12.6. The van der Waals surface area contributed by atoms with Gasteiger partial charge in [0.15, 0.2) is 0 Å². The van der Waals surface area contributed by atoms with Gasteiger partial charge in [0.1, 0.15) is 0 Å². The molecule has 1 aliphatic heterocycles. The van der Waals surface area contributed by atoms with Gasteiger partial charge in [-0.1, -0.05) is 18.2 Å². The van der Waals surface area contributed by atoms with Crippen LogP contribution in [-0.4, -0.2) is 37.3 Å². The predicted molar refractivity (Wildman–Crippen MR) is 59.3 cm³/mol. The van der Waals surface area contributed by atoms with Crippen molar-refractivity contribution in [1.29, 1.82) is 0 Å². The van der Waals surface area contributed by atoms with Crippen molar-refractivity contribution in [2.75, 3.05) is 26.3 Å². The van der Waals surface area contributed by atoms with Gasteiger partial charge in [-0.25, -0.2) is 4.79 Å². The van der Waals surface area contributed by atoms with E-state index in [2.05, 4.69) is 0 Å². The highest BCUT2D eigenvalue weighted by molar-refractivity contribution is 5.89. The minimum atomic E-state index is -0.308. The van der Waals surface area contributed by atoms with Gasteiger partial charge in [-0.2, -0.15) is 0 Å². The maximum atomic E-state index is 11.6. The van der Waals surface area contributed by atoms with Crippen molar-refractivity contribution >= 4 is 5.97 Å². The molecule has 1 aromatic carbocycles. The molecule has 0 spiro atoms. The molecular formula is C11H16N2O3. The molecule has 2 rings (SSSR count). The number of benzene rings is 1. The van der Waals surface area contributed by atoms with Crippen LogP contribution in [0.25, 0.3) is 0 Å². The minimum Gasteiger partial charge on any atom is -0.379 e. The molecular weight excluding hydrogens is 208 g/mol. The first-order valence-corrected chi connectivity index (χ1v) is 4.96. The van der Waals surface area contributed by atoms with E-state index in [1.165, 1.54) is 0 Å². The molecule has 0 bridgehead atoms. The zero-order valence-electron chi connectivity index (χ0n) is 9.09. The Hall–Kier alpha value is -1.43. The number of hydrogen-bond acceptors (Lipinski definition) is 5. The van der Waals surface area contributed by atoms with Crippen molar-refractivity contribution in [3.63, 3.8) is 0 Å². The number of ether oxygens (including phenoxy) is 1. The highest BCUT2D eigenvalue weighted by atomic mass is 16.7. The van der Waals surface area contributed by atoms with Crippen molar-refractivity contribution in [3.8, 4) is 0 Å². The van der Waals surface area contributed by atoms with E-state index in [0.29, 0.717) is 31.9 Å². The lowest BCUT2D eigenvalue weighted by Gasteiger charge is -2.24. The monoisotopic (exact) mass is 224 g/mol. The van der Waals surface area contributed by atoms with Gasteiger partial charge in [0.2, 0.25) is 0 Å². The summed E-state index contributed by atoms with van der Waals surface area (Å²) < 4.78 is 5.15. The Morgan fingerprint density at radius 2 is 1.81 bits per heavy atom. The summed E-state index contributed by atoms with van der Waals surface area (Å²) in [4.78, 5) is 16.8. The minimum absolute atomic E-state index is 0. The topological polar surface area (TPSA) is 73.8 Å². The lowest BCUT2D eigenvalue weighted by atomic mass is 10.2. The summed E-state index contributed by atoms with van der Waals surface area (Å²) in [7, 11) is 0. The average molecular weight is 224 g/mol. The fourth-order valence-electron chi connectivity index (χ4n) is 1.38. The van der Waals surface area contributed by atoms with E-state index in [1.54, 1.807) is 17.2 Å². The number of hydrogen-bond donors (Lipinski definition) is 1. The van der Waals surface area contributed by atoms with Crippen LogP contribution < -0.4 is 6.15 Å². The summed E-state index contributed by atoms with van der Waals surface area (Å²) >= 11 is 0. The SMILES string of the molecule is N.O=C(ON1CCOCC1)c1ccccc1. The van der Waals surface area contributed by atoms with Crippen molar-refractivity contribution in [3.05, 3.63) is 35.9 Å². The molecule has 0 radical (unpaired) electrons. The van der Waals surface area contributed by atoms with Crippen LogP contribution in [0.2, 0.25) is 0 Å². The number of hydroxylamine groups is 2. The molecule has 1 fully saturated rings. The normalized spacial score (nSPS) is 16.2. The van der Waals surface area contributed by atoms with Gasteiger partial charge >= 0.3 is 5.97 Å². The molecule has 88 valence electrons. The van der Waals surface area contributed by atoms with Crippen LogP contribution in [0, 0.1) is 0 Å². The molecule has 0 aliphatic carbocycles. The summed E-state index contributed by atoms with van der Waals surface area (Å²) in [6.45, 7) is 2.50. The molecule has 5 heteroatoms. The van der Waals surface area contributed by atoms with Gasteiger partial charge < -0.3 is 15.7 Å². The molecule has 3 N–H and O–H groups in total. The Bertz CT molecular complexity index is 323. The number of nitrogens with zero attached hydrogens (tertiary/aromatic N) is 1. The highest BCUT2D eigenvalue weighted by Gasteiger charge is 2.16. The van der Waals surface area contributed by atoms with Gasteiger partial charge in [0.25, 0.3) is 0 Å². The predicted octanol–water partition coefficient (Wildman–Crippen LogP) is 1.25. The van der Waals surface area contributed by atoms with Gasteiger partial charge in [-0.15, -0.1) is 5.06 Å².